The summed E-state index contributed by atoms with van der Waals surface area (Å²) in [5.74, 6) is 1.01. The van der Waals surface area contributed by atoms with Crippen LogP contribution in [-0.4, -0.2) is 61.8 Å². The van der Waals surface area contributed by atoms with Crippen molar-refractivity contribution in [3.05, 3.63) is 38.8 Å². The minimum Gasteiger partial charge on any atom is -0.494 e. The van der Waals surface area contributed by atoms with E-state index in [9.17, 15) is 4.79 Å². The second-order valence-corrected chi connectivity index (χ2v) is 11.3. The van der Waals surface area contributed by atoms with Crippen LogP contribution in [0.15, 0.2) is 28.2 Å². The lowest BCUT2D eigenvalue weighted by Gasteiger charge is -2.43. The first-order chi connectivity index (χ1) is 15.5. The van der Waals surface area contributed by atoms with E-state index in [0.717, 1.165) is 40.4 Å². The molecular formula is C23H29BrClN3O3S. The van der Waals surface area contributed by atoms with Gasteiger partial charge in [-0.2, -0.15) is 0 Å². The van der Waals surface area contributed by atoms with Crippen molar-refractivity contribution in [2.24, 2.45) is 5.92 Å². The lowest BCUT2D eigenvalue weighted by Crippen LogP contribution is -2.52. The summed E-state index contributed by atoms with van der Waals surface area (Å²) >= 11 is 11.5. The van der Waals surface area contributed by atoms with Crippen molar-refractivity contribution in [1.82, 2.24) is 9.88 Å². The Kier molecular flexibility index (Phi) is 8.32. The van der Waals surface area contributed by atoms with Crippen molar-refractivity contribution in [1.29, 1.82) is 0 Å². The number of hydrogen-bond acceptors (Lipinski definition) is 7. The third kappa shape index (κ3) is 6.16. The molecule has 2 atom stereocenters. The fourth-order valence-corrected chi connectivity index (χ4v) is 6.21. The quantitative estimate of drug-likeness (QED) is 0.436. The zero-order valence-electron chi connectivity index (χ0n) is 18.3. The van der Waals surface area contributed by atoms with Crippen LogP contribution in [0.4, 0.5) is 5.13 Å². The molecule has 6 nitrogen and oxygen atoms in total. The fourth-order valence-electron chi connectivity index (χ4n) is 4.74. The molecule has 0 radical (unpaired) electrons. The van der Waals surface area contributed by atoms with E-state index in [1.54, 1.807) is 17.4 Å². The Hall–Kier alpha value is -1.35. The van der Waals surface area contributed by atoms with E-state index in [1.807, 2.05) is 18.3 Å². The van der Waals surface area contributed by atoms with Gasteiger partial charge >= 0.3 is 5.97 Å². The number of piperidine rings is 1. The minimum absolute atomic E-state index is 0.190. The Balaban J connectivity index is 1.37. The van der Waals surface area contributed by atoms with Crippen LogP contribution in [0, 0.1) is 5.92 Å². The van der Waals surface area contributed by atoms with Crippen LogP contribution >= 0.6 is 38.9 Å². The maximum Gasteiger partial charge on any atom is 0.309 e. The molecule has 1 aromatic carbocycles. The van der Waals surface area contributed by atoms with Gasteiger partial charge in [0.25, 0.3) is 0 Å². The highest BCUT2D eigenvalue weighted by atomic mass is 79.9. The van der Waals surface area contributed by atoms with Crippen molar-refractivity contribution in [3.8, 4) is 5.75 Å². The summed E-state index contributed by atoms with van der Waals surface area (Å²) in [7, 11) is 1.39. The molecule has 2 fully saturated rings. The number of ether oxygens (including phenoxy) is 2. The van der Waals surface area contributed by atoms with E-state index in [0.29, 0.717) is 29.3 Å². The highest BCUT2D eigenvalue weighted by molar-refractivity contribution is 9.11. The second-order valence-electron chi connectivity index (χ2n) is 8.44. The number of carbonyl (C=O) groups excluding carboxylic acids is 1. The molecule has 0 amide bonds. The lowest BCUT2D eigenvalue weighted by atomic mass is 9.88. The maximum absolute atomic E-state index is 11.6. The zero-order valence-corrected chi connectivity index (χ0v) is 21.4. The van der Waals surface area contributed by atoms with Crippen molar-refractivity contribution in [2.45, 2.75) is 38.1 Å². The van der Waals surface area contributed by atoms with Crippen LogP contribution in [0.2, 0.25) is 5.02 Å². The maximum atomic E-state index is 11.6. The molecule has 2 saturated heterocycles. The second kappa shape index (κ2) is 11.2. The standard InChI is InChI=1S/C23H29BrClN3O3S/c1-30-22(29)12-16-10-18(25)13-19(11-16)31-9-5-17-4-8-28(23-26-14-21(24)32-23)15-20(17)27-6-2-3-7-27/h10-11,13-14,17,20H,2-9,12,15H2,1H3. The van der Waals surface area contributed by atoms with Gasteiger partial charge in [-0.1, -0.05) is 22.9 Å². The molecule has 0 bridgehead atoms. The lowest BCUT2D eigenvalue weighted by molar-refractivity contribution is -0.139. The molecule has 4 rings (SSSR count). The predicted octanol–water partition coefficient (Wildman–Crippen LogP) is 5.03. The van der Waals surface area contributed by atoms with Crippen molar-refractivity contribution in [3.63, 3.8) is 0 Å². The Bertz CT molecular complexity index is 922. The van der Waals surface area contributed by atoms with Crippen LogP contribution in [0.25, 0.3) is 0 Å². The molecule has 0 saturated carbocycles. The fraction of sp³-hybridized carbons (Fsp3) is 0.565. The van der Waals surface area contributed by atoms with Gasteiger partial charge in [-0.25, -0.2) is 4.98 Å². The van der Waals surface area contributed by atoms with Crippen LogP contribution in [-0.2, 0) is 16.0 Å². The molecule has 9 heteroatoms. The van der Waals surface area contributed by atoms with Crippen LogP contribution in [0.1, 0.15) is 31.2 Å². The van der Waals surface area contributed by atoms with Gasteiger partial charge in [0.05, 0.1) is 30.1 Å². The molecule has 2 aliphatic heterocycles. The van der Waals surface area contributed by atoms with E-state index >= 15 is 0 Å². The van der Waals surface area contributed by atoms with E-state index in [2.05, 4.69) is 30.7 Å². The minimum atomic E-state index is -0.286. The molecule has 0 aliphatic carbocycles. The third-order valence-electron chi connectivity index (χ3n) is 6.33. The van der Waals surface area contributed by atoms with Gasteiger partial charge in [-0.05, 0) is 84.4 Å². The number of carbonyl (C=O) groups is 1. The van der Waals surface area contributed by atoms with Gasteiger partial charge in [0.1, 0.15) is 5.75 Å². The molecule has 2 unspecified atom stereocenters. The monoisotopic (exact) mass is 541 g/mol. The molecule has 174 valence electrons. The number of thiazole rings is 1. The van der Waals surface area contributed by atoms with E-state index in [-0.39, 0.29) is 12.4 Å². The Morgan fingerprint density at radius 3 is 2.81 bits per heavy atom. The summed E-state index contributed by atoms with van der Waals surface area (Å²) in [5.41, 5.74) is 0.803. The highest BCUT2D eigenvalue weighted by Gasteiger charge is 2.35. The van der Waals surface area contributed by atoms with Gasteiger partial charge in [0, 0.05) is 24.2 Å². The van der Waals surface area contributed by atoms with Crippen LogP contribution in [0.3, 0.4) is 0 Å². The van der Waals surface area contributed by atoms with Crippen molar-refractivity contribution in [2.75, 3.05) is 44.8 Å². The summed E-state index contributed by atoms with van der Waals surface area (Å²) in [4.78, 5) is 21.3. The number of benzene rings is 1. The normalized spacial score (nSPS) is 21.7. The van der Waals surface area contributed by atoms with Gasteiger partial charge in [-0.15, -0.1) is 0 Å². The Labute approximate surface area is 207 Å². The Morgan fingerprint density at radius 2 is 2.09 bits per heavy atom. The molecule has 3 heterocycles. The SMILES string of the molecule is COC(=O)Cc1cc(Cl)cc(OCCC2CCN(c3ncc(Br)s3)CC2N2CCCC2)c1. The highest BCUT2D eigenvalue weighted by Crippen LogP contribution is 2.34. The number of esters is 1. The van der Waals surface area contributed by atoms with Crippen LogP contribution < -0.4 is 9.64 Å². The third-order valence-corrected chi connectivity index (χ3v) is 8.09. The number of anilines is 1. The first-order valence-electron chi connectivity index (χ1n) is 11.1. The first kappa shape index (κ1) is 23.8. The van der Waals surface area contributed by atoms with Gasteiger partial charge in [0.2, 0.25) is 0 Å². The summed E-state index contributed by atoms with van der Waals surface area (Å²) in [6, 6.07) is 5.99. The van der Waals surface area contributed by atoms with Gasteiger partial charge in [-0.3, -0.25) is 9.69 Å². The number of hydrogen-bond donors (Lipinski definition) is 0. The average molecular weight is 543 g/mol. The summed E-state index contributed by atoms with van der Waals surface area (Å²) < 4.78 is 11.9. The number of aromatic nitrogens is 1. The van der Waals surface area contributed by atoms with Crippen LogP contribution in [0.5, 0.6) is 5.75 Å². The van der Waals surface area contributed by atoms with E-state index in [4.69, 9.17) is 21.1 Å². The topological polar surface area (TPSA) is 54.9 Å². The van der Waals surface area contributed by atoms with E-state index in [1.165, 1.54) is 33.0 Å². The number of halogens is 2. The molecule has 0 N–H and O–H groups in total. The molecule has 2 aromatic rings. The average Bonchev–Trinajstić information content (AvgIpc) is 3.45. The summed E-state index contributed by atoms with van der Waals surface area (Å²) in [5, 5.41) is 1.67. The zero-order chi connectivity index (χ0) is 22.5. The number of nitrogens with zero attached hydrogens (tertiary/aromatic N) is 3. The smallest absolute Gasteiger partial charge is 0.309 e. The summed E-state index contributed by atoms with van der Waals surface area (Å²) in [6.45, 7) is 5.04. The Morgan fingerprint density at radius 1 is 1.28 bits per heavy atom. The van der Waals surface area contributed by atoms with Crippen molar-refractivity contribution < 1.29 is 14.3 Å². The molecule has 0 spiro atoms. The van der Waals surface area contributed by atoms with Crippen molar-refractivity contribution >= 4 is 50.0 Å². The molecule has 32 heavy (non-hydrogen) atoms. The first-order valence-corrected chi connectivity index (χ1v) is 13.1. The number of likely N-dealkylation sites (tertiary alicyclic amines) is 1. The van der Waals surface area contributed by atoms with E-state index < -0.39 is 0 Å². The predicted molar refractivity (Wildman–Crippen MR) is 132 cm³/mol. The number of rotatable bonds is 8. The van der Waals surface area contributed by atoms with Gasteiger partial charge < -0.3 is 14.4 Å². The molecule has 1 aromatic heterocycles. The molecule has 2 aliphatic rings. The largest absolute Gasteiger partial charge is 0.494 e. The number of methoxy groups -OCH3 is 1. The van der Waals surface area contributed by atoms with Gasteiger partial charge in [0.15, 0.2) is 5.13 Å². The molecular weight excluding hydrogens is 514 g/mol. The summed E-state index contributed by atoms with van der Waals surface area (Å²) in [6.07, 6.45) is 6.78.